The fourth-order valence-electron chi connectivity index (χ4n) is 4.23. The third-order valence-electron chi connectivity index (χ3n) is 5.71. The molecule has 5 rings (SSSR count). The average Bonchev–Trinajstić information content (AvgIpc) is 3.45. The molecule has 0 bridgehead atoms. The first-order valence-electron chi connectivity index (χ1n) is 11.7. The normalized spacial score (nSPS) is 16.7. The SMILES string of the molecule is [2H]C([2H])([2H])N(c1ccc(-n2cnc(Cl)c2)c(OC)c1)c1nc(N)nc2c1CCC2c1ccccc1. The number of fused-ring (bicyclic) bond motifs is 1. The summed E-state index contributed by atoms with van der Waals surface area (Å²) in [5.74, 6) is 0.794. The number of ether oxygens (including phenoxy) is 1. The van der Waals surface area contributed by atoms with Crippen LogP contribution in [0.5, 0.6) is 5.75 Å². The number of hydrogen-bond acceptors (Lipinski definition) is 6. The predicted octanol–water partition coefficient (Wildman–Crippen LogP) is 4.75. The van der Waals surface area contributed by atoms with E-state index in [-0.39, 0.29) is 17.7 Å². The number of nitrogen functional groups attached to an aromatic ring is 1. The molecule has 7 nitrogen and oxygen atoms in total. The quantitative estimate of drug-likeness (QED) is 0.473. The fourth-order valence-corrected chi connectivity index (χ4v) is 4.38. The molecule has 32 heavy (non-hydrogen) atoms. The number of methoxy groups -OCH3 is 1. The van der Waals surface area contributed by atoms with Gasteiger partial charge in [0.25, 0.3) is 0 Å². The van der Waals surface area contributed by atoms with Crippen LogP contribution in [0.1, 0.15) is 33.3 Å². The zero-order chi connectivity index (χ0) is 24.7. The Morgan fingerprint density at radius 1 is 1.22 bits per heavy atom. The second-order valence-electron chi connectivity index (χ2n) is 7.57. The van der Waals surface area contributed by atoms with E-state index in [2.05, 4.69) is 15.0 Å². The second-order valence-corrected chi connectivity index (χ2v) is 7.95. The van der Waals surface area contributed by atoms with Crippen molar-refractivity contribution in [2.75, 3.05) is 24.7 Å². The van der Waals surface area contributed by atoms with Crippen LogP contribution in [-0.2, 0) is 6.42 Å². The van der Waals surface area contributed by atoms with Crippen molar-refractivity contribution in [3.05, 3.63) is 83.0 Å². The molecule has 1 aliphatic carbocycles. The van der Waals surface area contributed by atoms with Gasteiger partial charge >= 0.3 is 0 Å². The first kappa shape index (κ1) is 17.0. The maximum absolute atomic E-state index is 8.34. The van der Waals surface area contributed by atoms with Gasteiger partial charge in [-0.25, -0.2) is 9.97 Å². The highest BCUT2D eigenvalue weighted by molar-refractivity contribution is 6.29. The van der Waals surface area contributed by atoms with E-state index < -0.39 is 6.98 Å². The topological polar surface area (TPSA) is 82.1 Å². The molecule has 0 amide bonds. The highest BCUT2D eigenvalue weighted by atomic mass is 35.5. The van der Waals surface area contributed by atoms with E-state index in [0.29, 0.717) is 28.7 Å². The first-order chi connectivity index (χ1) is 16.8. The Balaban J connectivity index is 1.63. The summed E-state index contributed by atoms with van der Waals surface area (Å²) in [6.07, 6.45) is 4.63. The Kier molecular flexibility index (Phi) is 4.35. The molecule has 0 spiro atoms. The molecule has 2 aromatic heterocycles. The molecule has 162 valence electrons. The highest BCUT2D eigenvalue weighted by Crippen LogP contribution is 2.42. The zero-order valence-electron chi connectivity index (χ0n) is 20.4. The van der Waals surface area contributed by atoms with Gasteiger partial charge in [0.2, 0.25) is 5.95 Å². The van der Waals surface area contributed by atoms with E-state index in [0.717, 1.165) is 23.2 Å². The lowest BCUT2D eigenvalue weighted by Crippen LogP contribution is -2.16. The largest absolute Gasteiger partial charge is 0.494 e. The maximum atomic E-state index is 8.34. The number of anilines is 3. The highest BCUT2D eigenvalue weighted by Gasteiger charge is 2.30. The van der Waals surface area contributed by atoms with E-state index >= 15 is 0 Å². The smallest absolute Gasteiger partial charge is 0.222 e. The summed E-state index contributed by atoms with van der Waals surface area (Å²) in [6.45, 7) is -2.54. The lowest BCUT2D eigenvalue weighted by molar-refractivity contribution is 0.413. The fraction of sp³-hybridized carbons (Fsp3) is 0.208. The van der Waals surface area contributed by atoms with E-state index in [1.807, 2.05) is 30.3 Å². The molecule has 0 saturated carbocycles. The minimum absolute atomic E-state index is 0.0246. The van der Waals surface area contributed by atoms with Gasteiger partial charge in [0, 0.05) is 40.5 Å². The summed E-state index contributed by atoms with van der Waals surface area (Å²) in [7, 11) is 1.52. The standard InChI is InChI=1S/C24H23ClN6O/c1-30(16-8-11-19(20(12-16)32-2)31-13-21(25)27-14-31)23-18-10-9-17(15-6-4-3-5-7-15)22(18)28-24(26)29-23/h3-8,11-14,17H,9-10H2,1-2H3,(H2,26,28,29)/i1D3. The molecule has 0 fully saturated rings. The van der Waals surface area contributed by atoms with Gasteiger partial charge in [0.05, 0.1) is 18.5 Å². The van der Waals surface area contributed by atoms with Crippen molar-refractivity contribution in [1.82, 2.24) is 19.5 Å². The van der Waals surface area contributed by atoms with Crippen molar-refractivity contribution >= 4 is 29.1 Å². The van der Waals surface area contributed by atoms with Gasteiger partial charge in [-0.05, 0) is 30.5 Å². The first-order valence-corrected chi connectivity index (χ1v) is 10.5. The van der Waals surface area contributed by atoms with Gasteiger partial charge in [-0.1, -0.05) is 41.9 Å². The van der Waals surface area contributed by atoms with E-state index in [1.54, 1.807) is 35.3 Å². The third-order valence-corrected chi connectivity index (χ3v) is 5.91. The summed E-state index contributed by atoms with van der Waals surface area (Å²) < 4.78 is 32.3. The van der Waals surface area contributed by atoms with Crippen molar-refractivity contribution in [1.29, 1.82) is 0 Å². The minimum atomic E-state index is -2.54. The molecule has 0 radical (unpaired) electrons. The van der Waals surface area contributed by atoms with Crippen LogP contribution < -0.4 is 15.4 Å². The number of imidazole rings is 1. The van der Waals surface area contributed by atoms with Gasteiger partial charge in [0.15, 0.2) is 0 Å². The second kappa shape index (κ2) is 8.16. The molecule has 0 aliphatic heterocycles. The summed E-state index contributed by atoms with van der Waals surface area (Å²) in [4.78, 5) is 14.2. The lowest BCUT2D eigenvalue weighted by atomic mass is 9.97. The van der Waals surface area contributed by atoms with Crippen LogP contribution >= 0.6 is 11.6 Å². The number of aromatic nitrogens is 4. The number of halogens is 1. The Morgan fingerprint density at radius 2 is 2.06 bits per heavy atom. The monoisotopic (exact) mass is 449 g/mol. The Hall–Kier alpha value is -3.58. The number of benzene rings is 2. The van der Waals surface area contributed by atoms with Gasteiger partial charge in [-0.15, -0.1) is 0 Å². The van der Waals surface area contributed by atoms with Crippen LogP contribution in [0.3, 0.4) is 0 Å². The predicted molar refractivity (Wildman–Crippen MR) is 126 cm³/mol. The molecule has 1 aliphatic rings. The Labute approximate surface area is 195 Å². The summed E-state index contributed by atoms with van der Waals surface area (Å²) >= 11 is 5.97. The van der Waals surface area contributed by atoms with Crippen LogP contribution in [0.15, 0.2) is 61.1 Å². The van der Waals surface area contributed by atoms with Gasteiger partial charge < -0.3 is 19.9 Å². The Bertz CT molecular complexity index is 1380. The molecular weight excluding hydrogens is 424 g/mol. The average molecular weight is 450 g/mol. The molecule has 1 unspecified atom stereocenters. The molecule has 4 aromatic rings. The van der Waals surface area contributed by atoms with Crippen molar-refractivity contribution < 1.29 is 8.85 Å². The van der Waals surface area contributed by atoms with E-state index in [4.69, 9.17) is 26.2 Å². The van der Waals surface area contributed by atoms with Crippen LogP contribution in [-0.4, -0.2) is 33.6 Å². The molecule has 1 atom stereocenters. The third kappa shape index (κ3) is 3.54. The van der Waals surface area contributed by atoms with Crippen molar-refractivity contribution in [2.45, 2.75) is 18.8 Å². The van der Waals surface area contributed by atoms with Crippen molar-refractivity contribution in [3.8, 4) is 11.4 Å². The zero-order valence-corrected chi connectivity index (χ0v) is 18.1. The summed E-state index contributed by atoms with van der Waals surface area (Å²) in [5, 5.41) is 0.334. The van der Waals surface area contributed by atoms with Crippen LogP contribution in [0.25, 0.3) is 5.69 Å². The van der Waals surface area contributed by atoms with Gasteiger partial charge in [-0.2, -0.15) is 4.98 Å². The molecule has 8 heteroatoms. The summed E-state index contributed by atoms with van der Waals surface area (Å²) in [6, 6.07) is 15.1. The lowest BCUT2D eigenvalue weighted by Gasteiger charge is -2.23. The minimum Gasteiger partial charge on any atom is -0.494 e. The van der Waals surface area contributed by atoms with Crippen LogP contribution in [0, 0.1) is 0 Å². The number of rotatable bonds is 5. The van der Waals surface area contributed by atoms with Gasteiger partial charge in [0.1, 0.15) is 23.0 Å². The van der Waals surface area contributed by atoms with E-state index in [1.165, 1.54) is 12.0 Å². The van der Waals surface area contributed by atoms with Crippen molar-refractivity contribution in [3.63, 3.8) is 0 Å². The number of nitrogens with zero attached hydrogens (tertiary/aromatic N) is 5. The van der Waals surface area contributed by atoms with Crippen LogP contribution in [0.4, 0.5) is 17.5 Å². The summed E-state index contributed by atoms with van der Waals surface area (Å²) in [5.41, 5.74) is 9.83. The number of nitrogens with two attached hydrogens (primary N) is 1. The molecule has 0 saturated heterocycles. The molecular formula is C24H23ClN6O. The maximum Gasteiger partial charge on any atom is 0.222 e. The number of hydrogen-bond donors (Lipinski definition) is 1. The molecule has 2 N–H and O–H groups in total. The van der Waals surface area contributed by atoms with Gasteiger partial charge in [-0.3, -0.25) is 0 Å². The Morgan fingerprint density at radius 3 is 2.78 bits per heavy atom. The van der Waals surface area contributed by atoms with E-state index in [9.17, 15) is 0 Å². The molecule has 2 heterocycles. The van der Waals surface area contributed by atoms with Crippen LogP contribution in [0.2, 0.25) is 5.15 Å². The molecule has 2 aromatic carbocycles. The van der Waals surface area contributed by atoms with Crippen molar-refractivity contribution in [2.24, 2.45) is 0 Å².